The number of nitrogens with zero attached hydrogens (tertiary/aromatic N) is 1. The molecule has 0 amide bonds. The van der Waals surface area contributed by atoms with Crippen molar-refractivity contribution < 1.29 is 23.1 Å². The highest BCUT2D eigenvalue weighted by molar-refractivity contribution is 7.15. The molecule has 1 aliphatic heterocycles. The molecule has 1 aliphatic rings. The van der Waals surface area contributed by atoms with Crippen LogP contribution in [-0.2, 0) is 17.5 Å². The molecule has 2 atom stereocenters. The van der Waals surface area contributed by atoms with Gasteiger partial charge >= 0.3 is 12.1 Å². The van der Waals surface area contributed by atoms with Crippen LogP contribution >= 0.6 is 11.3 Å². The molecule has 3 rings (SSSR count). The van der Waals surface area contributed by atoms with Crippen LogP contribution in [0.4, 0.5) is 13.2 Å². The number of alkyl halides is 3. The van der Waals surface area contributed by atoms with Crippen molar-refractivity contribution in [2.24, 2.45) is 11.8 Å². The Morgan fingerprint density at radius 2 is 1.88 bits per heavy atom. The molecule has 140 valence electrons. The van der Waals surface area contributed by atoms with Gasteiger partial charge in [0.2, 0.25) is 0 Å². The molecule has 1 saturated heterocycles. The third-order valence-electron chi connectivity index (χ3n) is 4.62. The van der Waals surface area contributed by atoms with Crippen molar-refractivity contribution in [3.05, 3.63) is 46.8 Å². The van der Waals surface area contributed by atoms with Gasteiger partial charge in [-0.1, -0.05) is 19.1 Å². The number of carboxylic acids is 1. The van der Waals surface area contributed by atoms with E-state index in [9.17, 15) is 23.1 Å². The number of thiophene rings is 1. The second-order valence-electron chi connectivity index (χ2n) is 6.91. The summed E-state index contributed by atoms with van der Waals surface area (Å²) in [6.07, 6.45) is -3.63. The van der Waals surface area contributed by atoms with E-state index in [1.54, 1.807) is 0 Å². The zero-order valence-corrected chi connectivity index (χ0v) is 15.1. The summed E-state index contributed by atoms with van der Waals surface area (Å²) in [7, 11) is 0. The quantitative estimate of drug-likeness (QED) is 0.810. The predicted molar refractivity (Wildman–Crippen MR) is 94.9 cm³/mol. The maximum atomic E-state index is 12.7. The molecule has 2 unspecified atom stereocenters. The number of piperidine rings is 1. The van der Waals surface area contributed by atoms with E-state index in [1.807, 2.05) is 12.1 Å². The van der Waals surface area contributed by atoms with Crippen LogP contribution in [0.25, 0.3) is 10.4 Å². The molecule has 3 nitrogen and oxygen atoms in total. The van der Waals surface area contributed by atoms with Crippen LogP contribution < -0.4 is 0 Å². The molecule has 0 aliphatic carbocycles. The third kappa shape index (κ3) is 4.45. The number of hydrogen-bond donors (Lipinski definition) is 1. The summed E-state index contributed by atoms with van der Waals surface area (Å²) < 4.78 is 38.0. The van der Waals surface area contributed by atoms with Crippen molar-refractivity contribution in [3.8, 4) is 10.4 Å². The van der Waals surface area contributed by atoms with Crippen molar-refractivity contribution in [1.29, 1.82) is 0 Å². The Bertz CT molecular complexity index is 770. The van der Waals surface area contributed by atoms with E-state index in [0.29, 0.717) is 25.4 Å². The second kappa shape index (κ2) is 7.40. The van der Waals surface area contributed by atoms with Gasteiger partial charge in [0, 0.05) is 29.4 Å². The minimum Gasteiger partial charge on any atom is -0.481 e. The van der Waals surface area contributed by atoms with Gasteiger partial charge in [-0.15, -0.1) is 11.3 Å². The lowest BCUT2D eigenvalue weighted by Crippen LogP contribution is -2.41. The van der Waals surface area contributed by atoms with Gasteiger partial charge in [-0.05, 0) is 42.2 Å². The smallest absolute Gasteiger partial charge is 0.416 e. The summed E-state index contributed by atoms with van der Waals surface area (Å²) in [5.74, 6) is -0.759. The van der Waals surface area contributed by atoms with Crippen molar-refractivity contribution in [2.45, 2.75) is 26.1 Å². The van der Waals surface area contributed by atoms with Crippen LogP contribution in [0, 0.1) is 11.8 Å². The first-order chi connectivity index (χ1) is 12.2. The van der Waals surface area contributed by atoms with Crippen molar-refractivity contribution in [1.82, 2.24) is 4.90 Å². The Labute approximate surface area is 154 Å². The van der Waals surface area contributed by atoms with Crippen LogP contribution in [0.3, 0.4) is 0 Å². The Kier molecular flexibility index (Phi) is 5.39. The van der Waals surface area contributed by atoms with Gasteiger partial charge in [0.1, 0.15) is 0 Å². The third-order valence-corrected chi connectivity index (χ3v) is 5.74. The van der Waals surface area contributed by atoms with Gasteiger partial charge in [-0.25, -0.2) is 0 Å². The number of likely N-dealkylation sites (tertiary alicyclic amines) is 1. The fourth-order valence-corrected chi connectivity index (χ4v) is 4.49. The van der Waals surface area contributed by atoms with Gasteiger partial charge in [0.25, 0.3) is 0 Å². The second-order valence-corrected chi connectivity index (χ2v) is 8.08. The summed E-state index contributed by atoms with van der Waals surface area (Å²) in [5, 5.41) is 9.27. The number of carbonyl (C=O) groups is 1. The maximum Gasteiger partial charge on any atom is 0.416 e. The van der Waals surface area contributed by atoms with E-state index in [4.69, 9.17) is 0 Å². The lowest BCUT2D eigenvalue weighted by molar-refractivity contribution is -0.144. The number of benzene rings is 1. The summed E-state index contributed by atoms with van der Waals surface area (Å²) in [4.78, 5) is 15.4. The summed E-state index contributed by atoms with van der Waals surface area (Å²) in [6.45, 7) is 4.12. The first kappa shape index (κ1) is 18.9. The fourth-order valence-electron chi connectivity index (χ4n) is 3.43. The Balaban J connectivity index is 1.69. The van der Waals surface area contributed by atoms with E-state index in [-0.39, 0.29) is 5.92 Å². The molecule has 1 N–H and O–H groups in total. The highest BCUT2D eigenvalue weighted by Gasteiger charge is 2.30. The van der Waals surface area contributed by atoms with Gasteiger partial charge < -0.3 is 5.11 Å². The number of rotatable bonds is 4. The minimum absolute atomic E-state index is 0.333. The molecule has 1 fully saturated rings. The highest BCUT2D eigenvalue weighted by atomic mass is 32.1. The molecule has 2 aromatic rings. The average molecular weight is 383 g/mol. The zero-order valence-electron chi connectivity index (χ0n) is 14.3. The first-order valence-electron chi connectivity index (χ1n) is 8.44. The summed E-state index contributed by atoms with van der Waals surface area (Å²) in [5.41, 5.74) is 0.102. The Morgan fingerprint density at radius 1 is 1.19 bits per heavy atom. The van der Waals surface area contributed by atoms with Crippen LogP contribution in [0.15, 0.2) is 36.4 Å². The van der Waals surface area contributed by atoms with E-state index < -0.39 is 17.7 Å². The van der Waals surface area contributed by atoms with E-state index >= 15 is 0 Å². The largest absolute Gasteiger partial charge is 0.481 e. The fraction of sp³-hybridized carbons (Fsp3) is 0.421. The van der Waals surface area contributed by atoms with Gasteiger partial charge in [0.05, 0.1) is 11.5 Å². The van der Waals surface area contributed by atoms with Gasteiger partial charge in [-0.3, -0.25) is 9.69 Å². The highest BCUT2D eigenvalue weighted by Crippen LogP contribution is 2.34. The normalized spacial score (nSPS) is 21.7. The van der Waals surface area contributed by atoms with Crippen LogP contribution in [-0.4, -0.2) is 29.1 Å². The van der Waals surface area contributed by atoms with Crippen molar-refractivity contribution >= 4 is 17.3 Å². The van der Waals surface area contributed by atoms with Crippen molar-refractivity contribution in [2.75, 3.05) is 13.1 Å². The molecule has 0 bridgehead atoms. The molecule has 0 radical (unpaired) electrons. The summed E-state index contributed by atoms with van der Waals surface area (Å²) in [6, 6.07) is 9.04. The Morgan fingerprint density at radius 3 is 2.50 bits per heavy atom. The monoisotopic (exact) mass is 383 g/mol. The lowest BCUT2D eigenvalue weighted by atomic mass is 9.90. The van der Waals surface area contributed by atoms with Gasteiger partial charge in [-0.2, -0.15) is 13.2 Å². The first-order valence-corrected chi connectivity index (χ1v) is 9.25. The van der Waals surface area contributed by atoms with Gasteiger partial charge in [0.15, 0.2) is 0 Å². The number of halogens is 3. The Hall–Kier alpha value is -1.86. The van der Waals surface area contributed by atoms with Crippen molar-refractivity contribution in [3.63, 3.8) is 0 Å². The number of aliphatic carboxylic acids is 1. The molecule has 26 heavy (non-hydrogen) atoms. The van der Waals surface area contributed by atoms with Crippen LogP contribution in [0.2, 0.25) is 0 Å². The number of hydrogen-bond acceptors (Lipinski definition) is 3. The average Bonchev–Trinajstić information content (AvgIpc) is 3.02. The van der Waals surface area contributed by atoms with E-state index in [0.717, 1.165) is 34.0 Å². The van der Waals surface area contributed by atoms with Crippen LogP contribution in [0.5, 0.6) is 0 Å². The predicted octanol–water partition coefficient (Wildman–Crippen LogP) is 4.98. The molecule has 0 spiro atoms. The molecule has 2 heterocycles. The maximum absolute atomic E-state index is 12.7. The minimum atomic E-state index is -4.33. The summed E-state index contributed by atoms with van der Waals surface area (Å²) >= 11 is 1.53. The standard InChI is InChI=1S/C19H20F3NO2S/c1-12-8-14(18(24)25)10-23(9-12)11-16-6-7-17(26-16)13-2-4-15(5-3-13)19(20,21)22/h2-7,12,14H,8-11H2,1H3,(H,24,25). The zero-order chi connectivity index (χ0) is 18.9. The van der Waals surface area contributed by atoms with E-state index in [2.05, 4.69) is 11.8 Å². The molecular weight excluding hydrogens is 363 g/mol. The molecular formula is C19H20F3NO2S. The molecule has 1 aromatic heterocycles. The molecule has 7 heteroatoms. The van der Waals surface area contributed by atoms with E-state index in [1.165, 1.54) is 23.5 Å². The topological polar surface area (TPSA) is 40.5 Å². The lowest BCUT2D eigenvalue weighted by Gasteiger charge is -2.34. The number of carboxylic acid groups (broad SMARTS) is 1. The SMILES string of the molecule is CC1CC(C(=O)O)CN(Cc2ccc(-c3ccc(C(F)(F)F)cc3)s2)C1. The molecule has 1 aromatic carbocycles. The molecule has 0 saturated carbocycles. The van der Waals surface area contributed by atoms with Crippen LogP contribution in [0.1, 0.15) is 23.8 Å².